The van der Waals surface area contributed by atoms with E-state index >= 15 is 0 Å². The number of ether oxygens (including phenoxy) is 1. The van der Waals surface area contributed by atoms with E-state index in [4.69, 9.17) is 4.74 Å². The van der Waals surface area contributed by atoms with Crippen LogP contribution >= 0.6 is 0 Å². The van der Waals surface area contributed by atoms with Crippen LogP contribution in [0.2, 0.25) is 0 Å². The van der Waals surface area contributed by atoms with Crippen molar-refractivity contribution in [1.29, 1.82) is 0 Å². The molecule has 1 aromatic heterocycles. The summed E-state index contributed by atoms with van der Waals surface area (Å²) in [6, 6.07) is 0.233. The number of rotatable bonds is 2. The van der Waals surface area contributed by atoms with Crippen molar-refractivity contribution in [1.82, 2.24) is 15.3 Å². The van der Waals surface area contributed by atoms with Gasteiger partial charge in [-0.1, -0.05) is 13.8 Å². The van der Waals surface area contributed by atoms with E-state index < -0.39 is 0 Å². The normalized spacial score (nSPS) is 22.9. The molecule has 2 N–H and O–H groups in total. The van der Waals surface area contributed by atoms with E-state index in [9.17, 15) is 0 Å². The molecule has 1 aliphatic rings. The van der Waals surface area contributed by atoms with Gasteiger partial charge in [0, 0.05) is 18.4 Å². The van der Waals surface area contributed by atoms with Gasteiger partial charge < -0.3 is 15.0 Å². The Bertz CT molecular complexity index is 289. The topological polar surface area (TPSA) is 49.9 Å². The van der Waals surface area contributed by atoms with Crippen molar-refractivity contribution >= 4 is 0 Å². The zero-order valence-electron chi connectivity index (χ0n) is 8.71. The summed E-state index contributed by atoms with van der Waals surface area (Å²) in [6.45, 7) is 6.73. The highest BCUT2D eigenvalue weighted by atomic mass is 16.5. The van der Waals surface area contributed by atoms with Gasteiger partial charge in [-0.3, -0.25) is 0 Å². The Hall–Kier alpha value is -0.870. The summed E-state index contributed by atoms with van der Waals surface area (Å²) in [5, 5.41) is 3.37. The first-order valence-corrected chi connectivity index (χ1v) is 5.13. The quantitative estimate of drug-likeness (QED) is 0.745. The van der Waals surface area contributed by atoms with Gasteiger partial charge in [-0.25, -0.2) is 4.98 Å². The number of H-pyrrole nitrogens is 1. The lowest BCUT2D eigenvalue weighted by Gasteiger charge is -2.21. The first kappa shape index (κ1) is 9.68. The van der Waals surface area contributed by atoms with Crippen LogP contribution in [0.3, 0.4) is 0 Å². The molecule has 14 heavy (non-hydrogen) atoms. The van der Waals surface area contributed by atoms with Crippen LogP contribution in [0.5, 0.6) is 0 Å². The van der Waals surface area contributed by atoms with E-state index in [0.717, 1.165) is 19.0 Å². The Morgan fingerprint density at radius 2 is 2.43 bits per heavy atom. The van der Waals surface area contributed by atoms with Crippen molar-refractivity contribution in [3.8, 4) is 0 Å². The fraction of sp³-hybridized carbons (Fsp3) is 0.700. The molecule has 1 fully saturated rings. The van der Waals surface area contributed by atoms with Gasteiger partial charge >= 0.3 is 0 Å². The van der Waals surface area contributed by atoms with Gasteiger partial charge in [0.1, 0.15) is 5.82 Å². The minimum Gasteiger partial charge on any atom is -0.378 e. The number of hydrogen-bond donors (Lipinski definition) is 2. The second-order valence-corrected chi connectivity index (χ2v) is 3.96. The van der Waals surface area contributed by atoms with Crippen molar-refractivity contribution in [3.63, 3.8) is 0 Å². The Labute approximate surface area is 84.1 Å². The van der Waals surface area contributed by atoms with E-state index in [1.807, 2.05) is 6.20 Å². The molecule has 1 unspecified atom stereocenters. The van der Waals surface area contributed by atoms with Crippen LogP contribution in [0.25, 0.3) is 0 Å². The molecular formula is C10H17N3O. The lowest BCUT2D eigenvalue weighted by atomic mass is 10.2. The molecule has 0 saturated carbocycles. The average Bonchev–Trinajstić information content (AvgIpc) is 2.68. The fourth-order valence-electron chi connectivity index (χ4n) is 1.56. The number of nitrogens with one attached hydrogen (secondary N) is 2. The van der Waals surface area contributed by atoms with Gasteiger partial charge in [-0.2, -0.15) is 0 Å². The number of imidazole rings is 1. The molecule has 0 aliphatic carbocycles. The van der Waals surface area contributed by atoms with Crippen molar-refractivity contribution < 1.29 is 4.74 Å². The molecule has 0 radical (unpaired) electrons. The van der Waals surface area contributed by atoms with E-state index in [0.29, 0.717) is 12.5 Å². The van der Waals surface area contributed by atoms with E-state index in [1.165, 1.54) is 5.69 Å². The summed E-state index contributed by atoms with van der Waals surface area (Å²) in [5.41, 5.74) is 1.19. The monoisotopic (exact) mass is 195 g/mol. The largest absolute Gasteiger partial charge is 0.378 e. The first-order chi connectivity index (χ1) is 6.77. The molecule has 1 saturated heterocycles. The van der Waals surface area contributed by atoms with Crippen LogP contribution in [-0.2, 0) is 4.74 Å². The van der Waals surface area contributed by atoms with Crippen LogP contribution in [0.15, 0.2) is 6.20 Å². The summed E-state index contributed by atoms with van der Waals surface area (Å²) < 4.78 is 5.38. The lowest BCUT2D eigenvalue weighted by Crippen LogP contribution is -2.35. The summed E-state index contributed by atoms with van der Waals surface area (Å²) in [7, 11) is 0. The third kappa shape index (κ3) is 1.96. The number of hydrogen-bond acceptors (Lipinski definition) is 3. The molecule has 1 aromatic rings. The van der Waals surface area contributed by atoms with Crippen molar-refractivity contribution in [2.24, 2.45) is 0 Å². The highest BCUT2D eigenvalue weighted by molar-refractivity contribution is 5.08. The Kier molecular flexibility index (Phi) is 2.84. The van der Waals surface area contributed by atoms with Gasteiger partial charge in [0.2, 0.25) is 0 Å². The second kappa shape index (κ2) is 4.11. The highest BCUT2D eigenvalue weighted by Crippen LogP contribution is 2.16. The molecule has 0 aromatic carbocycles. The SMILES string of the molecule is CC(C)c1cnc(C2COCCN2)[nH]1. The smallest absolute Gasteiger partial charge is 0.125 e. The van der Waals surface area contributed by atoms with Crippen molar-refractivity contribution in [3.05, 3.63) is 17.7 Å². The summed E-state index contributed by atoms with van der Waals surface area (Å²) in [6.07, 6.45) is 1.91. The summed E-state index contributed by atoms with van der Waals surface area (Å²) in [4.78, 5) is 7.69. The molecule has 4 heteroatoms. The van der Waals surface area contributed by atoms with Crippen LogP contribution in [0.1, 0.15) is 37.3 Å². The van der Waals surface area contributed by atoms with Crippen molar-refractivity contribution in [2.75, 3.05) is 19.8 Å². The minimum atomic E-state index is 0.233. The Balaban J connectivity index is 2.07. The first-order valence-electron chi connectivity index (χ1n) is 5.13. The van der Waals surface area contributed by atoms with Crippen molar-refractivity contribution in [2.45, 2.75) is 25.8 Å². The minimum absolute atomic E-state index is 0.233. The molecule has 1 aliphatic heterocycles. The Morgan fingerprint density at radius 3 is 3.00 bits per heavy atom. The summed E-state index contributed by atoms with van der Waals surface area (Å²) >= 11 is 0. The molecule has 78 valence electrons. The predicted octanol–water partition coefficient (Wildman–Crippen LogP) is 1.19. The van der Waals surface area contributed by atoms with Gasteiger partial charge in [0.05, 0.1) is 19.3 Å². The maximum atomic E-state index is 5.38. The lowest BCUT2D eigenvalue weighted by molar-refractivity contribution is 0.0744. The molecule has 2 rings (SSSR count). The molecule has 0 spiro atoms. The highest BCUT2D eigenvalue weighted by Gasteiger charge is 2.18. The third-order valence-corrected chi connectivity index (χ3v) is 2.49. The molecule has 0 bridgehead atoms. The third-order valence-electron chi connectivity index (χ3n) is 2.49. The van der Waals surface area contributed by atoms with Gasteiger partial charge in [0.15, 0.2) is 0 Å². The number of nitrogens with zero attached hydrogens (tertiary/aromatic N) is 1. The number of aromatic amines is 1. The maximum Gasteiger partial charge on any atom is 0.125 e. The van der Waals surface area contributed by atoms with Crippen LogP contribution in [-0.4, -0.2) is 29.7 Å². The standard InChI is InChI=1S/C10H17N3O/c1-7(2)8-5-12-10(13-8)9-6-14-4-3-11-9/h5,7,9,11H,3-4,6H2,1-2H3,(H,12,13). The van der Waals surface area contributed by atoms with Crippen LogP contribution < -0.4 is 5.32 Å². The van der Waals surface area contributed by atoms with Crippen LogP contribution in [0.4, 0.5) is 0 Å². The van der Waals surface area contributed by atoms with Gasteiger partial charge in [0.25, 0.3) is 0 Å². The second-order valence-electron chi connectivity index (χ2n) is 3.96. The number of aromatic nitrogens is 2. The summed E-state index contributed by atoms with van der Waals surface area (Å²) in [5.74, 6) is 1.49. The van der Waals surface area contributed by atoms with Crippen LogP contribution in [0, 0.1) is 0 Å². The zero-order chi connectivity index (χ0) is 9.97. The molecule has 0 amide bonds. The van der Waals surface area contributed by atoms with E-state index in [-0.39, 0.29) is 6.04 Å². The van der Waals surface area contributed by atoms with Gasteiger partial charge in [-0.15, -0.1) is 0 Å². The number of morpholine rings is 1. The predicted molar refractivity (Wildman–Crippen MR) is 54.2 cm³/mol. The zero-order valence-corrected chi connectivity index (χ0v) is 8.71. The van der Waals surface area contributed by atoms with E-state index in [2.05, 4.69) is 29.1 Å². The Morgan fingerprint density at radius 1 is 1.57 bits per heavy atom. The molecular weight excluding hydrogens is 178 g/mol. The maximum absolute atomic E-state index is 5.38. The molecule has 4 nitrogen and oxygen atoms in total. The average molecular weight is 195 g/mol. The molecule has 1 atom stereocenters. The van der Waals surface area contributed by atoms with Gasteiger partial charge in [-0.05, 0) is 5.92 Å². The molecule has 2 heterocycles. The van der Waals surface area contributed by atoms with E-state index in [1.54, 1.807) is 0 Å². The fourth-order valence-corrected chi connectivity index (χ4v) is 1.56.